The average Bonchev–Trinajstić information content (AvgIpc) is 2.76. The molecule has 0 aliphatic rings. The van der Waals surface area contributed by atoms with Crippen LogP contribution < -0.4 is 11.1 Å². The number of hydrogen-bond donors (Lipinski definition) is 2. The molecule has 3 N–H and O–H groups in total. The highest BCUT2D eigenvalue weighted by Crippen LogP contribution is 2.20. The topological polar surface area (TPSA) is 94.0 Å². The highest BCUT2D eigenvalue weighted by molar-refractivity contribution is 5.78. The summed E-state index contributed by atoms with van der Waals surface area (Å²) < 4.78 is 5.16. The van der Waals surface area contributed by atoms with Crippen molar-refractivity contribution in [3.8, 4) is 0 Å². The summed E-state index contributed by atoms with van der Waals surface area (Å²) in [6.07, 6.45) is 0. The second-order valence-electron chi connectivity index (χ2n) is 5.57. The molecule has 1 aromatic heterocycles. The van der Waals surface area contributed by atoms with Crippen LogP contribution in [0.2, 0.25) is 0 Å². The van der Waals surface area contributed by atoms with Gasteiger partial charge in [0.15, 0.2) is 5.82 Å². The third kappa shape index (κ3) is 3.53. The van der Waals surface area contributed by atoms with Gasteiger partial charge in [0.1, 0.15) is 6.04 Å². The molecule has 0 saturated heterocycles. The number of hydrogen-bond acceptors (Lipinski definition) is 5. The van der Waals surface area contributed by atoms with E-state index in [1.165, 1.54) is 0 Å². The van der Waals surface area contributed by atoms with E-state index in [1.807, 2.05) is 20.8 Å². The van der Waals surface area contributed by atoms with Crippen molar-refractivity contribution in [1.82, 2.24) is 15.5 Å². The summed E-state index contributed by atoms with van der Waals surface area (Å²) in [6.45, 7) is 9.90. The van der Waals surface area contributed by atoms with E-state index in [9.17, 15) is 4.79 Å². The van der Waals surface area contributed by atoms with Crippen LogP contribution >= 0.6 is 0 Å². The van der Waals surface area contributed by atoms with Gasteiger partial charge in [0.25, 0.3) is 0 Å². The van der Waals surface area contributed by atoms with E-state index in [0.29, 0.717) is 18.3 Å². The molecule has 1 heterocycles. The van der Waals surface area contributed by atoms with E-state index < -0.39 is 0 Å². The number of aromatic nitrogens is 2. The van der Waals surface area contributed by atoms with Gasteiger partial charge in [-0.25, -0.2) is 0 Å². The summed E-state index contributed by atoms with van der Waals surface area (Å²) in [5.74, 6) is 0.709. The minimum atomic E-state index is -0.310. The first kappa shape index (κ1) is 14.6. The molecule has 102 valence electrons. The fourth-order valence-corrected chi connectivity index (χ4v) is 1.24. The van der Waals surface area contributed by atoms with Gasteiger partial charge in [-0.15, -0.1) is 0 Å². The quantitative estimate of drug-likeness (QED) is 0.840. The predicted molar refractivity (Wildman–Crippen MR) is 67.8 cm³/mol. The first-order valence-electron chi connectivity index (χ1n) is 6.10. The molecule has 1 aromatic rings. The zero-order valence-corrected chi connectivity index (χ0v) is 11.7. The lowest BCUT2D eigenvalue weighted by Crippen LogP contribution is -2.35. The smallest absolute Gasteiger partial charge is 0.248 e. The first-order valence-corrected chi connectivity index (χ1v) is 6.10. The lowest BCUT2D eigenvalue weighted by Gasteiger charge is -2.13. The molecule has 18 heavy (non-hydrogen) atoms. The number of amides is 1. The number of nitrogens with zero attached hydrogens (tertiary/aromatic N) is 2. The van der Waals surface area contributed by atoms with Gasteiger partial charge in [0.05, 0.1) is 0 Å². The van der Waals surface area contributed by atoms with E-state index in [0.717, 1.165) is 0 Å². The molecule has 0 fully saturated rings. The molecule has 0 aliphatic heterocycles. The Balaban J connectivity index is 2.71. The summed E-state index contributed by atoms with van der Waals surface area (Å²) in [7, 11) is 0. The third-order valence-electron chi connectivity index (χ3n) is 2.64. The first-order chi connectivity index (χ1) is 8.25. The summed E-state index contributed by atoms with van der Waals surface area (Å²) in [5, 5.41) is 6.72. The SMILES string of the molecule is CC(CN)C(=O)NC(C)c1nc(C(C)(C)C)no1. The Morgan fingerprint density at radius 2 is 2.06 bits per heavy atom. The second kappa shape index (κ2) is 5.48. The minimum Gasteiger partial charge on any atom is -0.344 e. The molecule has 6 nitrogen and oxygen atoms in total. The molecule has 0 spiro atoms. The van der Waals surface area contributed by atoms with Crippen LogP contribution in [0.15, 0.2) is 4.52 Å². The Bertz CT molecular complexity index is 408. The summed E-state index contributed by atoms with van der Waals surface area (Å²) in [6, 6.07) is -0.310. The second-order valence-corrected chi connectivity index (χ2v) is 5.57. The molecule has 0 aliphatic carbocycles. The molecule has 2 atom stereocenters. The summed E-state index contributed by atoms with van der Waals surface area (Å²) >= 11 is 0. The maximum atomic E-state index is 11.7. The van der Waals surface area contributed by atoms with Crippen LogP contribution in [0, 0.1) is 5.92 Å². The van der Waals surface area contributed by atoms with Crippen LogP contribution in [0.25, 0.3) is 0 Å². The third-order valence-corrected chi connectivity index (χ3v) is 2.64. The van der Waals surface area contributed by atoms with Gasteiger partial charge >= 0.3 is 0 Å². The van der Waals surface area contributed by atoms with Crippen molar-refractivity contribution < 1.29 is 9.32 Å². The zero-order chi connectivity index (χ0) is 13.9. The fraction of sp³-hybridized carbons (Fsp3) is 0.750. The number of rotatable bonds is 4. The van der Waals surface area contributed by atoms with Crippen molar-refractivity contribution in [2.24, 2.45) is 11.7 Å². The van der Waals surface area contributed by atoms with Crippen LogP contribution in [0.4, 0.5) is 0 Å². The van der Waals surface area contributed by atoms with Gasteiger partial charge in [-0.2, -0.15) is 4.98 Å². The van der Waals surface area contributed by atoms with Gasteiger partial charge in [-0.05, 0) is 6.92 Å². The van der Waals surface area contributed by atoms with Crippen LogP contribution in [0.3, 0.4) is 0 Å². The van der Waals surface area contributed by atoms with Crippen LogP contribution in [0.5, 0.6) is 0 Å². The summed E-state index contributed by atoms with van der Waals surface area (Å²) in [5.41, 5.74) is 5.27. The number of carbonyl (C=O) groups excluding carboxylic acids is 1. The fourth-order valence-electron chi connectivity index (χ4n) is 1.24. The van der Waals surface area contributed by atoms with Gasteiger partial charge < -0.3 is 15.6 Å². The molecule has 0 aromatic carbocycles. The van der Waals surface area contributed by atoms with Crippen molar-refractivity contribution in [2.45, 2.75) is 46.1 Å². The Morgan fingerprint density at radius 3 is 2.50 bits per heavy atom. The molecule has 0 bridgehead atoms. The minimum absolute atomic E-state index is 0.111. The van der Waals surface area contributed by atoms with Crippen molar-refractivity contribution in [3.05, 3.63) is 11.7 Å². The molecular weight excluding hydrogens is 232 g/mol. The molecule has 1 amide bonds. The zero-order valence-electron chi connectivity index (χ0n) is 11.7. The van der Waals surface area contributed by atoms with E-state index in [-0.39, 0.29) is 23.3 Å². The van der Waals surface area contributed by atoms with Crippen molar-refractivity contribution >= 4 is 5.91 Å². The number of carbonyl (C=O) groups is 1. The Kier molecular flexibility index (Phi) is 4.45. The normalized spacial score (nSPS) is 15.2. The van der Waals surface area contributed by atoms with Crippen molar-refractivity contribution in [3.63, 3.8) is 0 Å². The van der Waals surface area contributed by atoms with Gasteiger partial charge in [-0.1, -0.05) is 32.9 Å². The van der Waals surface area contributed by atoms with Crippen molar-refractivity contribution in [1.29, 1.82) is 0 Å². The van der Waals surface area contributed by atoms with E-state index in [1.54, 1.807) is 13.8 Å². The number of nitrogens with one attached hydrogen (secondary N) is 1. The molecule has 6 heteroatoms. The lowest BCUT2D eigenvalue weighted by molar-refractivity contribution is -0.125. The maximum absolute atomic E-state index is 11.7. The van der Waals surface area contributed by atoms with E-state index in [2.05, 4.69) is 15.5 Å². The Morgan fingerprint density at radius 1 is 1.44 bits per heavy atom. The van der Waals surface area contributed by atoms with Crippen LogP contribution in [-0.2, 0) is 10.2 Å². The van der Waals surface area contributed by atoms with Crippen LogP contribution in [-0.4, -0.2) is 22.6 Å². The monoisotopic (exact) mass is 254 g/mol. The lowest BCUT2D eigenvalue weighted by atomic mass is 9.96. The average molecular weight is 254 g/mol. The van der Waals surface area contributed by atoms with E-state index in [4.69, 9.17) is 10.3 Å². The van der Waals surface area contributed by atoms with Crippen molar-refractivity contribution in [2.75, 3.05) is 6.54 Å². The molecule has 0 saturated carbocycles. The van der Waals surface area contributed by atoms with Crippen LogP contribution in [0.1, 0.15) is 52.4 Å². The van der Waals surface area contributed by atoms with Gasteiger partial charge in [0, 0.05) is 17.9 Å². The van der Waals surface area contributed by atoms with E-state index >= 15 is 0 Å². The summed E-state index contributed by atoms with van der Waals surface area (Å²) in [4.78, 5) is 16.0. The molecule has 2 unspecified atom stereocenters. The van der Waals surface area contributed by atoms with Gasteiger partial charge in [-0.3, -0.25) is 4.79 Å². The molecule has 0 radical (unpaired) electrons. The standard InChI is InChI=1S/C12H22N4O2/c1-7(6-13)9(17)14-8(2)10-15-11(16-18-10)12(3,4)5/h7-8H,6,13H2,1-5H3,(H,14,17). The largest absolute Gasteiger partial charge is 0.344 e. The predicted octanol–water partition coefficient (Wildman–Crippen LogP) is 1.14. The number of nitrogens with two attached hydrogens (primary N) is 1. The molecular formula is C12H22N4O2. The maximum Gasteiger partial charge on any atom is 0.248 e. The van der Waals surface area contributed by atoms with Gasteiger partial charge in [0.2, 0.25) is 11.8 Å². The Labute approximate surface area is 107 Å². The highest BCUT2D eigenvalue weighted by atomic mass is 16.5. The Hall–Kier alpha value is -1.43. The molecule has 1 rings (SSSR count). The highest BCUT2D eigenvalue weighted by Gasteiger charge is 2.24.